The number of hydrogen-bond acceptors (Lipinski definition) is 0. The summed E-state index contributed by atoms with van der Waals surface area (Å²) in [6, 6.07) is 0. The molecule has 0 aliphatic carbocycles. The molecule has 56 valence electrons. The number of alkyl halides is 1. The first-order chi connectivity index (χ1) is 4.81. The number of allylic oxidation sites excluding steroid dienone is 5. The van der Waals surface area contributed by atoms with E-state index in [1.807, 2.05) is 19.1 Å². The Morgan fingerprint density at radius 1 is 1.60 bits per heavy atom. The second-order valence-corrected chi connectivity index (χ2v) is 2.35. The first-order valence-electron chi connectivity index (χ1n) is 3.30. The van der Waals surface area contributed by atoms with Gasteiger partial charge in [-0.1, -0.05) is 36.5 Å². The maximum atomic E-state index is 5.55. The first kappa shape index (κ1) is 9.51. The molecule has 0 rings (SSSR count). The molecule has 0 N–H and O–H groups in total. The summed E-state index contributed by atoms with van der Waals surface area (Å²) in [5.74, 6) is 0.627. The monoisotopic (exact) mass is 156 g/mol. The van der Waals surface area contributed by atoms with Crippen LogP contribution >= 0.6 is 11.6 Å². The van der Waals surface area contributed by atoms with E-state index in [0.717, 1.165) is 6.42 Å². The molecule has 0 saturated heterocycles. The highest BCUT2D eigenvalue weighted by Crippen LogP contribution is 1.98. The van der Waals surface area contributed by atoms with Crippen molar-refractivity contribution >= 4 is 11.6 Å². The zero-order valence-electron chi connectivity index (χ0n) is 6.31. The summed E-state index contributed by atoms with van der Waals surface area (Å²) in [6.45, 7) is 5.59. The van der Waals surface area contributed by atoms with Gasteiger partial charge in [-0.15, -0.1) is 11.6 Å². The van der Waals surface area contributed by atoms with Crippen LogP contribution in [0.4, 0.5) is 0 Å². The van der Waals surface area contributed by atoms with E-state index >= 15 is 0 Å². The molecule has 10 heavy (non-hydrogen) atoms. The van der Waals surface area contributed by atoms with E-state index in [9.17, 15) is 0 Å². The zero-order valence-corrected chi connectivity index (χ0v) is 7.06. The first-order valence-corrected chi connectivity index (χ1v) is 3.84. The minimum atomic E-state index is 0.627. The zero-order chi connectivity index (χ0) is 7.82. The second-order valence-electron chi connectivity index (χ2n) is 2.08. The van der Waals surface area contributed by atoms with E-state index < -0.39 is 0 Å². The van der Waals surface area contributed by atoms with Crippen molar-refractivity contribution in [3.05, 3.63) is 36.5 Å². The van der Waals surface area contributed by atoms with E-state index in [1.165, 1.54) is 5.57 Å². The smallest absolute Gasteiger partial charge is 0.0430 e. The van der Waals surface area contributed by atoms with Gasteiger partial charge in [-0.05, 0) is 13.3 Å². The van der Waals surface area contributed by atoms with Crippen LogP contribution in [0.15, 0.2) is 36.5 Å². The van der Waals surface area contributed by atoms with Gasteiger partial charge in [0.15, 0.2) is 0 Å². The summed E-state index contributed by atoms with van der Waals surface area (Å²) in [4.78, 5) is 0. The lowest BCUT2D eigenvalue weighted by atomic mass is 10.2. The van der Waals surface area contributed by atoms with Crippen molar-refractivity contribution in [3.8, 4) is 0 Å². The fourth-order valence-corrected chi connectivity index (χ4v) is 0.608. The third-order valence-corrected chi connectivity index (χ3v) is 1.51. The van der Waals surface area contributed by atoms with Gasteiger partial charge in [-0.2, -0.15) is 0 Å². The molecule has 0 radical (unpaired) electrons. The fourth-order valence-electron chi connectivity index (χ4n) is 0.499. The summed E-state index contributed by atoms with van der Waals surface area (Å²) >= 11 is 5.55. The normalized spacial score (nSPS) is 12.4. The molecular weight excluding hydrogens is 144 g/mol. The molecule has 0 saturated carbocycles. The van der Waals surface area contributed by atoms with Crippen molar-refractivity contribution in [3.63, 3.8) is 0 Å². The highest BCUT2D eigenvalue weighted by atomic mass is 35.5. The van der Waals surface area contributed by atoms with Crippen molar-refractivity contribution in [1.82, 2.24) is 0 Å². The van der Waals surface area contributed by atoms with E-state index in [0.29, 0.717) is 5.88 Å². The van der Waals surface area contributed by atoms with Crippen LogP contribution in [0.3, 0.4) is 0 Å². The van der Waals surface area contributed by atoms with Gasteiger partial charge in [-0.25, -0.2) is 0 Å². The Bertz CT molecular complexity index is 143. The van der Waals surface area contributed by atoms with Gasteiger partial charge in [-0.3, -0.25) is 0 Å². The van der Waals surface area contributed by atoms with Crippen molar-refractivity contribution in [2.45, 2.75) is 13.3 Å². The summed E-state index contributed by atoms with van der Waals surface area (Å²) in [7, 11) is 0. The van der Waals surface area contributed by atoms with Gasteiger partial charge >= 0.3 is 0 Å². The molecule has 0 nitrogen and oxygen atoms in total. The maximum Gasteiger partial charge on any atom is 0.0430 e. The number of rotatable bonds is 4. The molecule has 0 heterocycles. The van der Waals surface area contributed by atoms with Crippen LogP contribution in [-0.2, 0) is 0 Å². The predicted molar refractivity (Wildman–Crippen MR) is 48.4 cm³/mol. The molecule has 0 aliphatic rings. The number of halogens is 1. The topological polar surface area (TPSA) is 0 Å². The van der Waals surface area contributed by atoms with Gasteiger partial charge < -0.3 is 0 Å². The minimum Gasteiger partial charge on any atom is -0.122 e. The van der Waals surface area contributed by atoms with Crippen LogP contribution in [0, 0.1) is 0 Å². The van der Waals surface area contributed by atoms with Gasteiger partial charge in [0.05, 0.1) is 0 Å². The summed E-state index contributed by atoms with van der Waals surface area (Å²) in [5.41, 5.74) is 1.22. The van der Waals surface area contributed by atoms with E-state index in [2.05, 4.69) is 12.7 Å². The molecule has 0 aromatic heterocycles. The van der Waals surface area contributed by atoms with E-state index in [4.69, 9.17) is 11.6 Å². The number of hydrogen-bond donors (Lipinski definition) is 0. The minimum absolute atomic E-state index is 0.627. The Kier molecular flexibility index (Phi) is 6.30. The standard InChI is InChI=1S/C9H13Cl/c1-3-4-5-6-7-9(2)8-10/h3-5,7H,1,6,8H2,2H3/b5-4-,9-7-. The molecular formula is C9H13Cl. The molecule has 0 spiro atoms. The molecule has 0 aromatic carbocycles. The Balaban J connectivity index is 3.51. The SMILES string of the molecule is C=C/C=C\C/C=C(/C)CCl. The molecule has 0 amide bonds. The van der Waals surface area contributed by atoms with E-state index in [1.54, 1.807) is 6.08 Å². The van der Waals surface area contributed by atoms with Crippen molar-refractivity contribution in [1.29, 1.82) is 0 Å². The highest BCUT2D eigenvalue weighted by molar-refractivity contribution is 6.19. The van der Waals surface area contributed by atoms with Crippen LogP contribution in [0.25, 0.3) is 0 Å². The largest absolute Gasteiger partial charge is 0.122 e. The molecule has 0 aromatic rings. The quantitative estimate of drug-likeness (QED) is 0.333. The molecule has 0 atom stereocenters. The lowest BCUT2D eigenvalue weighted by Gasteiger charge is -1.88. The molecule has 0 unspecified atom stereocenters. The van der Waals surface area contributed by atoms with Crippen LogP contribution in [0.2, 0.25) is 0 Å². The third-order valence-electron chi connectivity index (χ3n) is 1.09. The van der Waals surface area contributed by atoms with Crippen LogP contribution in [0.5, 0.6) is 0 Å². The Hall–Kier alpha value is -0.490. The van der Waals surface area contributed by atoms with Crippen molar-refractivity contribution in [2.24, 2.45) is 0 Å². The van der Waals surface area contributed by atoms with Crippen LogP contribution < -0.4 is 0 Å². The molecule has 0 fully saturated rings. The van der Waals surface area contributed by atoms with Gasteiger partial charge in [0, 0.05) is 5.88 Å². The molecule has 0 aliphatic heterocycles. The predicted octanol–water partition coefficient (Wildman–Crippen LogP) is 3.30. The van der Waals surface area contributed by atoms with Gasteiger partial charge in [0.1, 0.15) is 0 Å². The second kappa shape index (κ2) is 6.63. The maximum absolute atomic E-state index is 5.55. The van der Waals surface area contributed by atoms with Crippen molar-refractivity contribution in [2.75, 3.05) is 5.88 Å². The van der Waals surface area contributed by atoms with E-state index in [-0.39, 0.29) is 0 Å². The van der Waals surface area contributed by atoms with Gasteiger partial charge in [0.25, 0.3) is 0 Å². The Labute approximate surface area is 67.9 Å². The van der Waals surface area contributed by atoms with Gasteiger partial charge in [0.2, 0.25) is 0 Å². The average Bonchev–Trinajstić information content (AvgIpc) is 1.98. The molecule has 1 heteroatoms. The highest BCUT2D eigenvalue weighted by Gasteiger charge is 1.80. The fraction of sp³-hybridized carbons (Fsp3) is 0.333. The van der Waals surface area contributed by atoms with Crippen LogP contribution in [-0.4, -0.2) is 5.88 Å². The lowest BCUT2D eigenvalue weighted by Crippen LogP contribution is -1.74. The lowest BCUT2D eigenvalue weighted by molar-refractivity contribution is 1.28. The average molecular weight is 157 g/mol. The van der Waals surface area contributed by atoms with Crippen LogP contribution in [0.1, 0.15) is 13.3 Å². The van der Waals surface area contributed by atoms with Crippen molar-refractivity contribution < 1.29 is 0 Å². The molecule has 0 bridgehead atoms. The Morgan fingerprint density at radius 3 is 2.80 bits per heavy atom. The third kappa shape index (κ3) is 5.64. The summed E-state index contributed by atoms with van der Waals surface area (Å²) in [5, 5.41) is 0. The Morgan fingerprint density at radius 2 is 2.30 bits per heavy atom. The summed E-state index contributed by atoms with van der Waals surface area (Å²) < 4.78 is 0. The summed E-state index contributed by atoms with van der Waals surface area (Å²) in [6.07, 6.45) is 8.79.